The zero-order valence-electron chi connectivity index (χ0n) is 15.0. The van der Waals surface area contributed by atoms with Crippen molar-refractivity contribution in [2.24, 2.45) is 7.05 Å². The highest BCUT2D eigenvalue weighted by Gasteiger charge is 2.28. The van der Waals surface area contributed by atoms with Gasteiger partial charge in [0.1, 0.15) is 0 Å². The highest BCUT2D eigenvalue weighted by molar-refractivity contribution is 5.93. The number of amides is 1. The second kappa shape index (κ2) is 7.12. The number of nitrogens with one attached hydrogen (secondary N) is 1. The molecule has 25 heavy (non-hydrogen) atoms. The number of rotatable bonds is 5. The van der Waals surface area contributed by atoms with Gasteiger partial charge >= 0.3 is 0 Å². The Labute approximate surface area is 149 Å². The Morgan fingerprint density at radius 1 is 1.44 bits per heavy atom. The van der Waals surface area contributed by atoms with Gasteiger partial charge in [-0.1, -0.05) is 30.2 Å². The molecule has 1 aliphatic rings. The molecule has 2 aromatic rings. The number of carbonyl (C=O) groups is 1. The molecule has 0 spiro atoms. The van der Waals surface area contributed by atoms with Gasteiger partial charge in [-0.2, -0.15) is 5.10 Å². The van der Waals surface area contributed by atoms with Crippen LogP contribution in [0.3, 0.4) is 0 Å². The first-order valence-corrected chi connectivity index (χ1v) is 8.56. The fraction of sp³-hybridized carbons (Fsp3) is 0.400. The van der Waals surface area contributed by atoms with Crippen LogP contribution in [0.25, 0.3) is 0 Å². The van der Waals surface area contributed by atoms with Gasteiger partial charge in [0.25, 0.3) is 0 Å². The Morgan fingerprint density at radius 3 is 2.88 bits per heavy atom. The van der Waals surface area contributed by atoms with Crippen molar-refractivity contribution >= 4 is 11.6 Å². The van der Waals surface area contributed by atoms with Gasteiger partial charge in [-0.05, 0) is 37.8 Å². The van der Waals surface area contributed by atoms with Crippen molar-refractivity contribution in [3.63, 3.8) is 0 Å². The topological polar surface area (TPSA) is 50.2 Å². The Bertz CT molecular complexity index is 831. The van der Waals surface area contributed by atoms with E-state index in [0.717, 1.165) is 29.9 Å². The van der Waals surface area contributed by atoms with Gasteiger partial charge < -0.3 is 5.32 Å². The van der Waals surface area contributed by atoms with Crippen molar-refractivity contribution in [1.29, 1.82) is 0 Å². The molecule has 5 nitrogen and oxygen atoms in total. The van der Waals surface area contributed by atoms with Crippen molar-refractivity contribution < 1.29 is 4.79 Å². The van der Waals surface area contributed by atoms with Crippen LogP contribution in [-0.4, -0.2) is 33.7 Å². The third-order valence-electron chi connectivity index (χ3n) is 4.96. The maximum absolute atomic E-state index is 12.6. The summed E-state index contributed by atoms with van der Waals surface area (Å²) in [6.07, 6.45) is 7.59. The van der Waals surface area contributed by atoms with Crippen LogP contribution in [-0.2, 0) is 18.3 Å². The quantitative estimate of drug-likeness (QED) is 0.854. The standard InChI is InChI=1S/C20H24N4O/c1-5-12-24(18-11-10-16-8-6-7-9-17(16)18)13-19(25)21-20-14(2)22-23(4)15(20)3/h1,6-9,18H,10-13H2,2-4H3,(H,21,25). The third kappa shape index (κ3) is 3.45. The van der Waals surface area contributed by atoms with Crippen molar-refractivity contribution in [2.75, 3.05) is 18.4 Å². The minimum atomic E-state index is -0.0566. The van der Waals surface area contributed by atoms with Crippen LogP contribution in [0.2, 0.25) is 0 Å². The summed E-state index contributed by atoms with van der Waals surface area (Å²) in [7, 11) is 1.87. The lowest BCUT2D eigenvalue weighted by Gasteiger charge is -2.27. The lowest BCUT2D eigenvalue weighted by atomic mass is 10.1. The number of aryl methyl sites for hydroxylation is 3. The molecule has 1 N–H and O–H groups in total. The summed E-state index contributed by atoms with van der Waals surface area (Å²) in [5.41, 5.74) is 5.21. The van der Waals surface area contributed by atoms with Crippen molar-refractivity contribution in [3.05, 3.63) is 46.8 Å². The van der Waals surface area contributed by atoms with Crippen LogP contribution >= 0.6 is 0 Å². The summed E-state index contributed by atoms with van der Waals surface area (Å²) < 4.78 is 1.78. The SMILES string of the molecule is C#CCN(CC(=O)Nc1c(C)nn(C)c1C)C1CCc2ccccc21. The largest absolute Gasteiger partial charge is 0.322 e. The molecule has 1 aromatic carbocycles. The number of fused-ring (bicyclic) bond motifs is 1. The van der Waals surface area contributed by atoms with E-state index in [1.807, 2.05) is 27.0 Å². The van der Waals surface area contributed by atoms with Crippen LogP contribution in [0.5, 0.6) is 0 Å². The summed E-state index contributed by atoms with van der Waals surface area (Å²) in [5.74, 6) is 2.64. The normalized spacial score (nSPS) is 15.9. The van der Waals surface area contributed by atoms with Crippen LogP contribution in [0.1, 0.15) is 35.0 Å². The lowest BCUT2D eigenvalue weighted by molar-refractivity contribution is -0.117. The van der Waals surface area contributed by atoms with Crippen LogP contribution in [0, 0.1) is 26.2 Å². The molecule has 0 fully saturated rings. The molecule has 5 heteroatoms. The van der Waals surface area contributed by atoms with Gasteiger partial charge in [-0.3, -0.25) is 14.4 Å². The smallest absolute Gasteiger partial charge is 0.238 e. The second-order valence-corrected chi connectivity index (χ2v) is 6.58. The zero-order chi connectivity index (χ0) is 18.0. The van der Waals surface area contributed by atoms with Gasteiger partial charge in [0.15, 0.2) is 0 Å². The molecule has 1 atom stereocenters. The number of aromatic nitrogens is 2. The summed E-state index contributed by atoms with van der Waals surface area (Å²) in [6.45, 7) is 4.57. The number of benzene rings is 1. The minimum absolute atomic E-state index is 0.0566. The highest BCUT2D eigenvalue weighted by atomic mass is 16.2. The molecular formula is C20H24N4O. The first-order valence-electron chi connectivity index (χ1n) is 8.56. The van der Waals surface area contributed by atoms with Crippen molar-refractivity contribution in [2.45, 2.75) is 32.7 Å². The molecule has 1 amide bonds. The molecule has 1 heterocycles. The summed E-state index contributed by atoms with van der Waals surface area (Å²) in [4.78, 5) is 14.7. The average Bonchev–Trinajstić information content (AvgIpc) is 3.11. The summed E-state index contributed by atoms with van der Waals surface area (Å²) in [5, 5.41) is 7.35. The minimum Gasteiger partial charge on any atom is -0.322 e. The van der Waals surface area contributed by atoms with Gasteiger partial charge in [-0.25, -0.2) is 0 Å². The molecule has 1 unspecified atom stereocenters. The van der Waals surface area contributed by atoms with E-state index in [1.165, 1.54) is 11.1 Å². The Kier molecular flexibility index (Phi) is 4.91. The van der Waals surface area contributed by atoms with Crippen LogP contribution in [0.4, 0.5) is 5.69 Å². The average molecular weight is 336 g/mol. The number of hydrogen-bond acceptors (Lipinski definition) is 3. The predicted octanol–water partition coefficient (Wildman–Crippen LogP) is 2.60. The molecule has 0 bridgehead atoms. The second-order valence-electron chi connectivity index (χ2n) is 6.58. The number of nitrogens with zero attached hydrogens (tertiary/aromatic N) is 3. The van der Waals surface area contributed by atoms with Crippen molar-refractivity contribution in [3.8, 4) is 12.3 Å². The molecule has 130 valence electrons. The van der Waals surface area contributed by atoms with E-state index < -0.39 is 0 Å². The molecule has 0 saturated carbocycles. The highest BCUT2D eigenvalue weighted by Crippen LogP contribution is 2.35. The molecule has 0 aliphatic heterocycles. The van der Waals surface area contributed by atoms with E-state index >= 15 is 0 Å². The maximum atomic E-state index is 12.6. The first-order chi connectivity index (χ1) is 12.0. The number of anilines is 1. The predicted molar refractivity (Wildman–Crippen MR) is 99.2 cm³/mol. The Morgan fingerprint density at radius 2 is 2.20 bits per heavy atom. The molecular weight excluding hydrogens is 312 g/mol. The molecule has 0 radical (unpaired) electrons. The summed E-state index contributed by atoms with van der Waals surface area (Å²) in [6, 6.07) is 8.62. The monoisotopic (exact) mass is 336 g/mol. The summed E-state index contributed by atoms with van der Waals surface area (Å²) >= 11 is 0. The van der Waals surface area contributed by atoms with E-state index in [-0.39, 0.29) is 18.5 Å². The van der Waals surface area contributed by atoms with Gasteiger partial charge in [-0.15, -0.1) is 6.42 Å². The molecule has 1 aromatic heterocycles. The van der Waals surface area contributed by atoms with Gasteiger partial charge in [0.2, 0.25) is 5.91 Å². The van der Waals surface area contributed by atoms with Crippen molar-refractivity contribution in [1.82, 2.24) is 14.7 Å². The van der Waals surface area contributed by atoms with E-state index in [9.17, 15) is 4.79 Å². The van der Waals surface area contributed by atoms with E-state index in [1.54, 1.807) is 4.68 Å². The van der Waals surface area contributed by atoms with Gasteiger partial charge in [0.05, 0.1) is 30.2 Å². The molecule has 3 rings (SSSR count). The lowest BCUT2D eigenvalue weighted by Crippen LogP contribution is -2.36. The van der Waals surface area contributed by atoms with Crippen LogP contribution in [0.15, 0.2) is 24.3 Å². The Hall–Kier alpha value is -2.58. The fourth-order valence-corrected chi connectivity index (χ4v) is 3.63. The number of terminal acetylenes is 1. The molecule has 0 saturated heterocycles. The van der Waals surface area contributed by atoms with E-state index in [4.69, 9.17) is 6.42 Å². The Balaban J connectivity index is 1.74. The van der Waals surface area contributed by atoms with Gasteiger partial charge in [0, 0.05) is 13.1 Å². The van der Waals surface area contributed by atoms with E-state index in [2.05, 4.69) is 39.4 Å². The third-order valence-corrected chi connectivity index (χ3v) is 4.96. The van der Waals surface area contributed by atoms with Crippen LogP contribution < -0.4 is 5.32 Å². The van der Waals surface area contributed by atoms with E-state index in [0.29, 0.717) is 6.54 Å². The number of hydrogen-bond donors (Lipinski definition) is 1. The maximum Gasteiger partial charge on any atom is 0.238 e. The zero-order valence-corrected chi connectivity index (χ0v) is 15.0. The number of carbonyl (C=O) groups excluding carboxylic acids is 1. The first kappa shape index (κ1) is 17.2. The molecule has 1 aliphatic carbocycles. The fourth-order valence-electron chi connectivity index (χ4n) is 3.63.